The zero-order valence-electron chi connectivity index (χ0n) is 14.4. The van der Waals surface area contributed by atoms with Crippen molar-refractivity contribution in [2.75, 3.05) is 44.8 Å². The summed E-state index contributed by atoms with van der Waals surface area (Å²) in [4.78, 5) is 27.5. The number of carbonyl (C=O) groups excluding carboxylic acids is 2. The molecule has 0 bridgehead atoms. The van der Waals surface area contributed by atoms with E-state index in [1.807, 2.05) is 24.3 Å². The highest BCUT2D eigenvalue weighted by Gasteiger charge is 2.23. The lowest BCUT2D eigenvalue weighted by molar-refractivity contribution is -0.148. The van der Waals surface area contributed by atoms with Crippen molar-refractivity contribution in [2.45, 2.75) is 13.8 Å². The van der Waals surface area contributed by atoms with Crippen LogP contribution in [0.5, 0.6) is 5.75 Å². The molecule has 24 heavy (non-hydrogen) atoms. The summed E-state index contributed by atoms with van der Waals surface area (Å²) < 4.78 is 10.4. The summed E-state index contributed by atoms with van der Waals surface area (Å²) in [7, 11) is 1.65. The predicted molar refractivity (Wildman–Crippen MR) is 92.2 cm³/mol. The lowest BCUT2D eigenvalue weighted by Crippen LogP contribution is -2.50. The van der Waals surface area contributed by atoms with Gasteiger partial charge in [0.2, 0.25) is 0 Å². The third-order valence-corrected chi connectivity index (χ3v) is 3.80. The van der Waals surface area contributed by atoms with Crippen molar-refractivity contribution in [2.24, 2.45) is 0 Å². The Kier molecular flexibility index (Phi) is 6.23. The number of allylic oxidation sites excluding steroid dienone is 1. The highest BCUT2D eigenvalue weighted by molar-refractivity contribution is 5.86. The van der Waals surface area contributed by atoms with Crippen molar-refractivity contribution in [1.29, 1.82) is 0 Å². The van der Waals surface area contributed by atoms with Crippen molar-refractivity contribution in [1.82, 2.24) is 4.90 Å². The van der Waals surface area contributed by atoms with Crippen LogP contribution in [0.4, 0.5) is 5.69 Å². The second kappa shape index (κ2) is 8.38. The largest absolute Gasteiger partial charge is 0.495 e. The number of amides is 1. The molecule has 1 heterocycles. The summed E-state index contributed by atoms with van der Waals surface area (Å²) in [5, 5.41) is 0. The Labute approximate surface area is 142 Å². The minimum absolute atomic E-state index is 0.162. The number of carbonyl (C=O) groups is 2. The van der Waals surface area contributed by atoms with Gasteiger partial charge in [-0.25, -0.2) is 4.79 Å². The van der Waals surface area contributed by atoms with Gasteiger partial charge in [0, 0.05) is 32.3 Å². The monoisotopic (exact) mass is 332 g/mol. The van der Waals surface area contributed by atoms with Crippen molar-refractivity contribution in [3.8, 4) is 5.75 Å². The first-order valence-corrected chi connectivity index (χ1v) is 7.98. The van der Waals surface area contributed by atoms with Gasteiger partial charge < -0.3 is 19.3 Å². The number of ether oxygens (including phenoxy) is 2. The van der Waals surface area contributed by atoms with Crippen LogP contribution in [0.25, 0.3) is 0 Å². The molecular formula is C18H24N2O4. The molecule has 0 radical (unpaired) electrons. The maximum absolute atomic E-state index is 12.1. The van der Waals surface area contributed by atoms with Crippen molar-refractivity contribution in [3.63, 3.8) is 0 Å². The zero-order chi connectivity index (χ0) is 17.5. The smallest absolute Gasteiger partial charge is 0.331 e. The molecule has 2 rings (SSSR count). The maximum Gasteiger partial charge on any atom is 0.331 e. The normalized spacial score (nSPS) is 14.1. The molecule has 1 aromatic rings. The quantitative estimate of drug-likeness (QED) is 0.608. The molecule has 1 saturated heterocycles. The number of piperazine rings is 1. The molecule has 1 amide bonds. The zero-order valence-corrected chi connectivity index (χ0v) is 14.4. The lowest BCUT2D eigenvalue weighted by atomic mass is 10.2. The molecule has 0 unspecified atom stereocenters. The van der Waals surface area contributed by atoms with Gasteiger partial charge in [-0.05, 0) is 26.0 Å². The second-order valence-corrected chi connectivity index (χ2v) is 5.87. The van der Waals surface area contributed by atoms with E-state index in [2.05, 4.69) is 4.90 Å². The highest BCUT2D eigenvalue weighted by atomic mass is 16.5. The minimum atomic E-state index is -0.476. The Balaban J connectivity index is 1.85. The molecule has 0 aliphatic carbocycles. The summed E-state index contributed by atoms with van der Waals surface area (Å²) in [6, 6.07) is 7.84. The molecule has 6 nitrogen and oxygen atoms in total. The van der Waals surface area contributed by atoms with Gasteiger partial charge in [-0.3, -0.25) is 4.79 Å². The third-order valence-electron chi connectivity index (χ3n) is 3.80. The number of nitrogens with zero attached hydrogens (tertiary/aromatic N) is 2. The van der Waals surface area contributed by atoms with E-state index in [1.54, 1.807) is 25.9 Å². The first kappa shape index (κ1) is 17.8. The number of esters is 1. The van der Waals surface area contributed by atoms with Gasteiger partial charge in [-0.2, -0.15) is 0 Å². The first-order chi connectivity index (χ1) is 11.5. The van der Waals surface area contributed by atoms with Crippen LogP contribution in [0.2, 0.25) is 0 Å². The summed E-state index contributed by atoms with van der Waals surface area (Å²) in [5.41, 5.74) is 1.87. The Morgan fingerprint density at radius 3 is 2.42 bits per heavy atom. The van der Waals surface area contributed by atoms with Crippen LogP contribution in [0.3, 0.4) is 0 Å². The van der Waals surface area contributed by atoms with E-state index in [9.17, 15) is 9.59 Å². The van der Waals surface area contributed by atoms with Crippen LogP contribution in [-0.2, 0) is 14.3 Å². The van der Waals surface area contributed by atoms with Gasteiger partial charge in [0.05, 0.1) is 12.8 Å². The molecule has 0 atom stereocenters. The summed E-state index contributed by atoms with van der Waals surface area (Å²) >= 11 is 0. The van der Waals surface area contributed by atoms with Crippen LogP contribution in [-0.4, -0.2) is 56.7 Å². The fourth-order valence-electron chi connectivity index (χ4n) is 2.59. The predicted octanol–water partition coefficient (Wildman–Crippen LogP) is 1.85. The topological polar surface area (TPSA) is 59.1 Å². The van der Waals surface area contributed by atoms with Crippen LogP contribution in [0, 0.1) is 0 Å². The molecule has 6 heteroatoms. The van der Waals surface area contributed by atoms with E-state index >= 15 is 0 Å². The molecular weight excluding hydrogens is 308 g/mol. The van der Waals surface area contributed by atoms with E-state index < -0.39 is 5.97 Å². The van der Waals surface area contributed by atoms with Crippen LogP contribution in [0.1, 0.15) is 13.8 Å². The van der Waals surface area contributed by atoms with Gasteiger partial charge in [-0.15, -0.1) is 0 Å². The molecule has 0 N–H and O–H groups in total. The van der Waals surface area contributed by atoms with E-state index in [4.69, 9.17) is 9.47 Å². The Morgan fingerprint density at radius 1 is 1.12 bits per heavy atom. The number of hydrogen-bond acceptors (Lipinski definition) is 5. The molecule has 1 fully saturated rings. The van der Waals surface area contributed by atoms with E-state index in [1.165, 1.54) is 6.08 Å². The molecule has 1 aliphatic heterocycles. The second-order valence-electron chi connectivity index (χ2n) is 5.87. The fraction of sp³-hybridized carbons (Fsp3) is 0.444. The number of methoxy groups -OCH3 is 1. The summed E-state index contributed by atoms with van der Waals surface area (Å²) in [5.74, 6) is 0.189. The van der Waals surface area contributed by atoms with Crippen molar-refractivity contribution < 1.29 is 19.1 Å². The fourth-order valence-corrected chi connectivity index (χ4v) is 2.59. The van der Waals surface area contributed by atoms with E-state index in [0.29, 0.717) is 26.2 Å². The SMILES string of the molecule is COc1ccccc1N1CCN(C(=O)COC(=O)C=C(C)C)CC1. The molecule has 0 saturated carbocycles. The van der Waals surface area contributed by atoms with E-state index in [0.717, 1.165) is 17.0 Å². The van der Waals surface area contributed by atoms with Crippen molar-refractivity contribution >= 4 is 17.6 Å². The number of hydrogen-bond donors (Lipinski definition) is 0. The number of benzene rings is 1. The van der Waals surface area contributed by atoms with Crippen LogP contribution >= 0.6 is 0 Å². The highest BCUT2D eigenvalue weighted by Crippen LogP contribution is 2.28. The van der Waals surface area contributed by atoms with E-state index in [-0.39, 0.29) is 12.5 Å². The standard InChI is InChI=1S/C18H24N2O4/c1-14(2)12-18(22)24-13-17(21)20-10-8-19(9-11-20)15-6-4-5-7-16(15)23-3/h4-7,12H,8-11,13H2,1-3H3. The molecule has 130 valence electrons. The average Bonchev–Trinajstić information content (AvgIpc) is 2.59. The van der Waals surface area contributed by atoms with Crippen LogP contribution in [0.15, 0.2) is 35.9 Å². The van der Waals surface area contributed by atoms with Gasteiger partial charge in [0.1, 0.15) is 5.75 Å². The lowest BCUT2D eigenvalue weighted by Gasteiger charge is -2.36. The average molecular weight is 332 g/mol. The molecule has 1 aliphatic rings. The molecule has 0 aromatic heterocycles. The number of rotatable bonds is 5. The summed E-state index contributed by atoms with van der Waals surface area (Å²) in [6.45, 7) is 6.02. The van der Waals surface area contributed by atoms with Crippen LogP contribution < -0.4 is 9.64 Å². The minimum Gasteiger partial charge on any atom is -0.495 e. The van der Waals surface area contributed by atoms with Gasteiger partial charge in [0.15, 0.2) is 6.61 Å². The molecule has 1 aromatic carbocycles. The van der Waals surface area contributed by atoms with Gasteiger partial charge in [-0.1, -0.05) is 17.7 Å². The van der Waals surface area contributed by atoms with Gasteiger partial charge in [0.25, 0.3) is 5.91 Å². The Hall–Kier alpha value is -2.50. The number of para-hydroxylation sites is 2. The number of anilines is 1. The Bertz CT molecular complexity index is 615. The maximum atomic E-state index is 12.1. The Morgan fingerprint density at radius 2 is 1.79 bits per heavy atom. The molecule has 0 spiro atoms. The third kappa shape index (κ3) is 4.75. The summed E-state index contributed by atoms with van der Waals surface area (Å²) in [6.07, 6.45) is 1.38. The van der Waals surface area contributed by atoms with Crippen molar-refractivity contribution in [3.05, 3.63) is 35.9 Å². The van der Waals surface area contributed by atoms with Gasteiger partial charge >= 0.3 is 5.97 Å². The first-order valence-electron chi connectivity index (χ1n) is 7.98.